The van der Waals surface area contributed by atoms with E-state index in [0.717, 1.165) is 12.8 Å². The smallest absolute Gasteiger partial charge is 0.339 e. The molecule has 5 nitrogen and oxygen atoms in total. The largest absolute Gasteiger partial charge is 0.478 e. The normalized spacial score (nSPS) is 27.0. The first kappa shape index (κ1) is 13.8. The Morgan fingerprint density at radius 2 is 1.95 bits per heavy atom. The second-order valence-electron chi connectivity index (χ2n) is 5.61. The van der Waals surface area contributed by atoms with E-state index in [0.29, 0.717) is 17.5 Å². The number of ether oxygens (including phenoxy) is 1. The molecule has 0 radical (unpaired) electrons. The van der Waals surface area contributed by atoms with Crippen LogP contribution < -0.4 is 4.74 Å². The number of aromatic nitrogens is 2. The van der Waals surface area contributed by atoms with Gasteiger partial charge in [-0.1, -0.05) is 13.8 Å². The highest BCUT2D eigenvalue weighted by Gasteiger charge is 2.26. The number of hydrogen-bond acceptors (Lipinski definition) is 4. The van der Waals surface area contributed by atoms with Crippen molar-refractivity contribution in [3.63, 3.8) is 0 Å². The molecule has 1 aromatic heterocycles. The molecule has 1 heterocycles. The fraction of sp³-hybridized carbons (Fsp3) is 0.643. The highest BCUT2D eigenvalue weighted by atomic mass is 16.5. The zero-order valence-electron chi connectivity index (χ0n) is 11.6. The van der Waals surface area contributed by atoms with Crippen molar-refractivity contribution in [2.45, 2.75) is 46.1 Å². The Kier molecular flexibility index (Phi) is 4.02. The van der Waals surface area contributed by atoms with Crippen molar-refractivity contribution in [1.82, 2.24) is 9.97 Å². The van der Waals surface area contributed by atoms with Gasteiger partial charge in [0.2, 0.25) is 0 Å². The van der Waals surface area contributed by atoms with Crippen molar-refractivity contribution in [1.29, 1.82) is 0 Å². The van der Waals surface area contributed by atoms with Crippen LogP contribution in [0.1, 0.15) is 49.2 Å². The molecule has 0 bridgehead atoms. The Morgan fingerprint density at radius 1 is 1.32 bits per heavy atom. The minimum Gasteiger partial charge on any atom is -0.478 e. The summed E-state index contributed by atoms with van der Waals surface area (Å²) in [5.41, 5.74) is 0.562. The van der Waals surface area contributed by atoms with Crippen LogP contribution in [-0.2, 0) is 0 Å². The Bertz CT molecular complexity index is 466. The van der Waals surface area contributed by atoms with Crippen molar-refractivity contribution >= 4 is 5.97 Å². The number of rotatable bonds is 3. The molecule has 104 valence electrons. The number of aromatic carboxylic acids is 1. The molecule has 0 aliphatic heterocycles. The van der Waals surface area contributed by atoms with E-state index < -0.39 is 5.97 Å². The number of carboxylic acids is 1. The van der Waals surface area contributed by atoms with Gasteiger partial charge >= 0.3 is 12.0 Å². The summed E-state index contributed by atoms with van der Waals surface area (Å²) in [5.74, 6) is 0.283. The van der Waals surface area contributed by atoms with E-state index in [1.165, 1.54) is 12.6 Å². The van der Waals surface area contributed by atoms with Crippen LogP contribution in [0, 0.1) is 18.8 Å². The fourth-order valence-electron chi connectivity index (χ4n) is 2.83. The van der Waals surface area contributed by atoms with Crippen LogP contribution in [0.15, 0.2) is 6.20 Å². The predicted octanol–water partition coefficient (Wildman–Crippen LogP) is 2.69. The number of hydrogen-bond donors (Lipinski definition) is 1. The SMILES string of the molecule is Cc1nc(OC2CC(C)CC(C)C2)ncc1C(=O)O. The van der Waals surface area contributed by atoms with Gasteiger partial charge in [-0.2, -0.15) is 4.98 Å². The maximum Gasteiger partial charge on any atom is 0.339 e. The summed E-state index contributed by atoms with van der Waals surface area (Å²) < 4.78 is 5.80. The van der Waals surface area contributed by atoms with Gasteiger partial charge in [0.05, 0.1) is 11.3 Å². The average molecular weight is 264 g/mol. The molecule has 2 rings (SSSR count). The molecule has 0 aromatic carbocycles. The molecule has 1 aliphatic rings. The van der Waals surface area contributed by atoms with Gasteiger partial charge in [-0.05, 0) is 38.0 Å². The summed E-state index contributed by atoms with van der Waals surface area (Å²) in [6, 6.07) is 0.286. The van der Waals surface area contributed by atoms with Crippen LogP contribution in [-0.4, -0.2) is 27.1 Å². The fourth-order valence-corrected chi connectivity index (χ4v) is 2.83. The molecule has 0 saturated heterocycles. The summed E-state index contributed by atoms with van der Waals surface area (Å²) >= 11 is 0. The highest BCUT2D eigenvalue weighted by Crippen LogP contribution is 2.30. The third-order valence-electron chi connectivity index (χ3n) is 3.59. The van der Waals surface area contributed by atoms with Crippen LogP contribution in [0.3, 0.4) is 0 Å². The van der Waals surface area contributed by atoms with Crippen molar-refractivity contribution in [3.8, 4) is 6.01 Å². The van der Waals surface area contributed by atoms with Gasteiger partial charge in [0.15, 0.2) is 0 Å². The van der Waals surface area contributed by atoms with E-state index in [-0.39, 0.29) is 17.7 Å². The standard InChI is InChI=1S/C14H20N2O3/c1-8-4-9(2)6-11(5-8)19-14-15-7-12(13(17)18)10(3)16-14/h7-9,11H,4-6H2,1-3H3,(H,17,18). The molecule has 19 heavy (non-hydrogen) atoms. The Balaban J connectivity index is 2.07. The first-order valence-corrected chi connectivity index (χ1v) is 6.69. The Hall–Kier alpha value is -1.65. The number of aryl methyl sites for hydroxylation is 1. The van der Waals surface area contributed by atoms with Gasteiger partial charge in [0, 0.05) is 6.20 Å². The van der Waals surface area contributed by atoms with Crippen LogP contribution >= 0.6 is 0 Å². The molecule has 0 amide bonds. The lowest BCUT2D eigenvalue weighted by atomic mass is 9.82. The molecule has 1 aromatic rings. The lowest BCUT2D eigenvalue weighted by Crippen LogP contribution is -2.29. The molecule has 0 spiro atoms. The summed E-state index contributed by atoms with van der Waals surface area (Å²) in [7, 11) is 0. The van der Waals surface area contributed by atoms with Crippen LogP contribution in [0.2, 0.25) is 0 Å². The van der Waals surface area contributed by atoms with E-state index >= 15 is 0 Å². The van der Waals surface area contributed by atoms with Crippen molar-refractivity contribution in [2.24, 2.45) is 11.8 Å². The van der Waals surface area contributed by atoms with E-state index in [2.05, 4.69) is 23.8 Å². The van der Waals surface area contributed by atoms with E-state index in [4.69, 9.17) is 9.84 Å². The second-order valence-corrected chi connectivity index (χ2v) is 5.61. The van der Waals surface area contributed by atoms with E-state index in [1.54, 1.807) is 6.92 Å². The third kappa shape index (κ3) is 3.43. The molecule has 2 atom stereocenters. The predicted molar refractivity (Wildman–Crippen MR) is 70.3 cm³/mol. The molecule has 1 saturated carbocycles. The molecule has 1 N–H and O–H groups in total. The maximum atomic E-state index is 10.9. The first-order valence-electron chi connectivity index (χ1n) is 6.69. The van der Waals surface area contributed by atoms with Gasteiger partial charge in [-0.15, -0.1) is 0 Å². The molecule has 2 unspecified atom stereocenters. The van der Waals surface area contributed by atoms with Crippen LogP contribution in [0.5, 0.6) is 6.01 Å². The van der Waals surface area contributed by atoms with Gasteiger partial charge < -0.3 is 9.84 Å². The van der Waals surface area contributed by atoms with Gasteiger partial charge in [-0.3, -0.25) is 0 Å². The number of carboxylic acid groups (broad SMARTS) is 1. The van der Waals surface area contributed by atoms with E-state index in [9.17, 15) is 4.79 Å². The van der Waals surface area contributed by atoms with Crippen LogP contribution in [0.4, 0.5) is 0 Å². The minimum absolute atomic E-state index is 0.123. The molecule has 1 fully saturated rings. The summed E-state index contributed by atoms with van der Waals surface area (Å²) in [6.45, 7) is 6.11. The number of carbonyl (C=O) groups is 1. The van der Waals surface area contributed by atoms with Gasteiger partial charge in [-0.25, -0.2) is 9.78 Å². The zero-order valence-corrected chi connectivity index (χ0v) is 11.6. The van der Waals surface area contributed by atoms with E-state index in [1.807, 2.05) is 0 Å². The Morgan fingerprint density at radius 3 is 2.47 bits per heavy atom. The van der Waals surface area contributed by atoms with Crippen molar-refractivity contribution in [3.05, 3.63) is 17.5 Å². The molecular weight excluding hydrogens is 244 g/mol. The maximum absolute atomic E-state index is 10.9. The summed E-state index contributed by atoms with van der Waals surface area (Å²) in [5, 5.41) is 8.93. The topological polar surface area (TPSA) is 72.3 Å². The lowest BCUT2D eigenvalue weighted by Gasteiger charge is -2.30. The Labute approximate surface area is 113 Å². The monoisotopic (exact) mass is 264 g/mol. The first-order chi connectivity index (χ1) is 8.95. The second kappa shape index (κ2) is 5.55. The van der Waals surface area contributed by atoms with Gasteiger partial charge in [0.25, 0.3) is 0 Å². The minimum atomic E-state index is -1.01. The molecule has 1 aliphatic carbocycles. The number of nitrogens with zero attached hydrogens (tertiary/aromatic N) is 2. The quantitative estimate of drug-likeness (QED) is 0.908. The summed E-state index contributed by atoms with van der Waals surface area (Å²) in [6.07, 6.45) is 4.70. The highest BCUT2D eigenvalue weighted by molar-refractivity contribution is 5.88. The lowest BCUT2D eigenvalue weighted by molar-refractivity contribution is 0.0693. The zero-order chi connectivity index (χ0) is 14.0. The summed E-state index contributed by atoms with van der Waals surface area (Å²) in [4.78, 5) is 19.0. The molecular formula is C14H20N2O3. The third-order valence-corrected chi connectivity index (χ3v) is 3.59. The average Bonchev–Trinajstić information content (AvgIpc) is 2.26. The van der Waals surface area contributed by atoms with Crippen LogP contribution in [0.25, 0.3) is 0 Å². The van der Waals surface area contributed by atoms with Crippen molar-refractivity contribution < 1.29 is 14.6 Å². The molecule has 5 heteroatoms. The van der Waals surface area contributed by atoms with Crippen molar-refractivity contribution in [2.75, 3.05) is 0 Å². The van der Waals surface area contributed by atoms with Gasteiger partial charge in [0.1, 0.15) is 6.10 Å².